The van der Waals surface area contributed by atoms with Gasteiger partial charge in [0.05, 0.1) is 4.92 Å². The van der Waals surface area contributed by atoms with Gasteiger partial charge in [-0.05, 0) is 19.1 Å². The number of primary amides is 1. The number of rotatable bonds is 4. The average molecular weight is 391 g/mol. The SMILES string of the molecule is Cc1cc(C(F)(F)C(F)(F)F)nc(N(C(N)=O)c2ccccc2[N+](=O)[O-])n1. The van der Waals surface area contributed by atoms with Gasteiger partial charge in [0.2, 0.25) is 5.95 Å². The number of hydrogen-bond acceptors (Lipinski definition) is 5. The summed E-state index contributed by atoms with van der Waals surface area (Å²) in [5.41, 5.74) is 1.90. The Balaban J connectivity index is 2.71. The molecule has 0 aliphatic heterocycles. The van der Waals surface area contributed by atoms with Crippen LogP contribution in [-0.4, -0.2) is 27.1 Å². The van der Waals surface area contributed by atoms with Gasteiger partial charge in [0.1, 0.15) is 11.4 Å². The fraction of sp³-hybridized carbons (Fsp3) is 0.214. The van der Waals surface area contributed by atoms with Gasteiger partial charge in [-0.1, -0.05) is 12.1 Å². The first-order valence-electron chi connectivity index (χ1n) is 7.00. The number of carbonyl (C=O) groups excluding carboxylic acids is 1. The molecule has 0 radical (unpaired) electrons. The van der Waals surface area contributed by atoms with Gasteiger partial charge in [0.15, 0.2) is 0 Å². The Labute approximate surface area is 147 Å². The monoisotopic (exact) mass is 391 g/mol. The number of benzene rings is 1. The maximum absolute atomic E-state index is 13.6. The van der Waals surface area contributed by atoms with Crippen LogP contribution < -0.4 is 10.6 Å². The maximum atomic E-state index is 13.6. The zero-order chi connectivity index (χ0) is 20.6. The van der Waals surface area contributed by atoms with E-state index in [1.165, 1.54) is 12.1 Å². The Bertz CT molecular complexity index is 903. The maximum Gasteiger partial charge on any atom is 0.459 e. The average Bonchev–Trinajstić information content (AvgIpc) is 2.53. The molecule has 2 amide bonds. The van der Waals surface area contributed by atoms with Crippen molar-refractivity contribution in [2.45, 2.75) is 19.0 Å². The molecule has 0 fully saturated rings. The van der Waals surface area contributed by atoms with Crippen LogP contribution in [0.25, 0.3) is 0 Å². The normalized spacial score (nSPS) is 11.9. The molecular weight excluding hydrogens is 381 g/mol. The fourth-order valence-corrected chi connectivity index (χ4v) is 2.09. The van der Waals surface area contributed by atoms with Gasteiger partial charge in [-0.3, -0.25) is 10.1 Å². The van der Waals surface area contributed by atoms with Crippen molar-refractivity contribution in [2.24, 2.45) is 5.73 Å². The first kappa shape index (κ1) is 19.9. The Morgan fingerprint density at radius 1 is 1.19 bits per heavy atom. The van der Waals surface area contributed by atoms with E-state index in [4.69, 9.17) is 5.73 Å². The summed E-state index contributed by atoms with van der Waals surface area (Å²) in [6.45, 7) is 1.08. The smallest absolute Gasteiger partial charge is 0.351 e. The summed E-state index contributed by atoms with van der Waals surface area (Å²) in [5.74, 6) is -6.31. The first-order chi connectivity index (χ1) is 12.4. The molecule has 0 aliphatic carbocycles. The highest BCUT2D eigenvalue weighted by molar-refractivity contribution is 5.98. The fourth-order valence-electron chi connectivity index (χ4n) is 2.09. The molecule has 1 heterocycles. The number of amides is 2. The number of alkyl halides is 5. The van der Waals surface area contributed by atoms with Crippen molar-refractivity contribution < 1.29 is 31.7 Å². The minimum atomic E-state index is -5.96. The number of halogens is 5. The summed E-state index contributed by atoms with van der Waals surface area (Å²) in [6.07, 6.45) is -5.96. The van der Waals surface area contributed by atoms with Crippen molar-refractivity contribution in [3.63, 3.8) is 0 Å². The zero-order valence-electron chi connectivity index (χ0n) is 13.4. The summed E-state index contributed by atoms with van der Waals surface area (Å²) in [5, 5.41) is 11.1. The van der Waals surface area contributed by atoms with E-state index in [9.17, 15) is 36.9 Å². The third kappa shape index (κ3) is 3.75. The molecule has 0 unspecified atom stereocenters. The molecule has 27 heavy (non-hydrogen) atoms. The second-order valence-corrected chi connectivity index (χ2v) is 5.19. The lowest BCUT2D eigenvalue weighted by Gasteiger charge is -2.22. The predicted octanol–water partition coefficient (Wildman–Crippen LogP) is 3.56. The molecule has 0 spiro atoms. The first-order valence-corrected chi connectivity index (χ1v) is 7.00. The molecule has 144 valence electrons. The highest BCUT2D eigenvalue weighted by Gasteiger charge is 2.60. The molecule has 8 nitrogen and oxygen atoms in total. The van der Waals surface area contributed by atoms with E-state index in [1.54, 1.807) is 0 Å². The molecule has 1 aromatic heterocycles. The van der Waals surface area contributed by atoms with E-state index < -0.39 is 46.1 Å². The third-order valence-electron chi connectivity index (χ3n) is 3.26. The number of anilines is 2. The van der Waals surface area contributed by atoms with Crippen LogP contribution in [0.15, 0.2) is 30.3 Å². The summed E-state index contributed by atoms with van der Waals surface area (Å²) < 4.78 is 65.2. The van der Waals surface area contributed by atoms with E-state index in [2.05, 4.69) is 9.97 Å². The molecule has 0 atom stereocenters. The lowest BCUT2D eigenvalue weighted by molar-refractivity contribution is -0.384. The highest BCUT2D eigenvalue weighted by Crippen LogP contribution is 2.43. The molecule has 13 heteroatoms. The topological polar surface area (TPSA) is 115 Å². The molecule has 0 aliphatic rings. The molecule has 1 aromatic carbocycles. The summed E-state index contributed by atoms with van der Waals surface area (Å²) in [4.78, 5) is 29.0. The number of nitrogens with two attached hydrogens (primary N) is 1. The third-order valence-corrected chi connectivity index (χ3v) is 3.26. The van der Waals surface area contributed by atoms with Crippen LogP contribution in [0.4, 0.5) is 44.1 Å². The molecule has 2 N–H and O–H groups in total. The number of carbonyl (C=O) groups is 1. The second-order valence-electron chi connectivity index (χ2n) is 5.19. The van der Waals surface area contributed by atoms with Crippen molar-refractivity contribution in [3.8, 4) is 0 Å². The number of hydrogen-bond donors (Lipinski definition) is 1. The Morgan fingerprint density at radius 2 is 1.78 bits per heavy atom. The molecule has 0 saturated carbocycles. The van der Waals surface area contributed by atoms with Crippen LogP contribution >= 0.6 is 0 Å². The number of nitro benzene ring substituents is 1. The number of aromatic nitrogens is 2. The van der Waals surface area contributed by atoms with Crippen molar-refractivity contribution in [2.75, 3.05) is 4.90 Å². The lowest BCUT2D eigenvalue weighted by Crippen LogP contribution is -2.37. The number of para-hydroxylation sites is 2. The largest absolute Gasteiger partial charge is 0.459 e. The highest BCUT2D eigenvalue weighted by atomic mass is 19.4. The van der Waals surface area contributed by atoms with Crippen molar-refractivity contribution >= 4 is 23.4 Å². The predicted molar refractivity (Wildman–Crippen MR) is 81.5 cm³/mol. The minimum Gasteiger partial charge on any atom is -0.351 e. The number of urea groups is 1. The van der Waals surface area contributed by atoms with Gasteiger partial charge in [-0.2, -0.15) is 22.0 Å². The standard InChI is InChI=1S/C14H10F5N5O3/c1-7-6-10(13(15,16)14(17,18)19)22-12(21-7)23(11(20)25)8-4-2-3-5-9(8)24(26)27/h2-6H,1H3,(H2,20,25). The summed E-state index contributed by atoms with van der Waals surface area (Å²) in [7, 11) is 0. The molecule has 0 bridgehead atoms. The van der Waals surface area contributed by atoms with Gasteiger partial charge in [0.25, 0.3) is 5.69 Å². The molecular formula is C14H10F5N5O3. The Kier molecular flexibility index (Phi) is 4.97. The lowest BCUT2D eigenvalue weighted by atomic mass is 10.2. The van der Waals surface area contributed by atoms with Crippen LogP contribution in [0.3, 0.4) is 0 Å². The Hall–Kier alpha value is -3.38. The van der Waals surface area contributed by atoms with E-state index >= 15 is 0 Å². The zero-order valence-corrected chi connectivity index (χ0v) is 13.4. The Morgan fingerprint density at radius 3 is 2.30 bits per heavy atom. The van der Waals surface area contributed by atoms with Crippen molar-refractivity contribution in [1.29, 1.82) is 0 Å². The van der Waals surface area contributed by atoms with Crippen LogP contribution in [0.2, 0.25) is 0 Å². The van der Waals surface area contributed by atoms with Gasteiger partial charge in [0, 0.05) is 11.8 Å². The van der Waals surface area contributed by atoms with E-state index in [-0.39, 0.29) is 10.6 Å². The van der Waals surface area contributed by atoms with Crippen LogP contribution in [0, 0.1) is 17.0 Å². The number of nitro groups is 1. The molecule has 0 saturated heterocycles. The van der Waals surface area contributed by atoms with Gasteiger partial charge in [-0.25, -0.2) is 19.7 Å². The van der Waals surface area contributed by atoms with Crippen LogP contribution in [-0.2, 0) is 5.92 Å². The minimum absolute atomic E-state index is 0.279. The van der Waals surface area contributed by atoms with Crippen molar-refractivity contribution in [1.82, 2.24) is 9.97 Å². The number of nitrogens with zero attached hydrogens (tertiary/aromatic N) is 4. The van der Waals surface area contributed by atoms with Gasteiger partial charge in [-0.15, -0.1) is 0 Å². The van der Waals surface area contributed by atoms with Crippen LogP contribution in [0.1, 0.15) is 11.4 Å². The van der Waals surface area contributed by atoms with E-state index in [1.807, 2.05) is 0 Å². The quantitative estimate of drug-likeness (QED) is 0.486. The molecule has 2 aromatic rings. The molecule has 2 rings (SSSR count). The van der Waals surface area contributed by atoms with Gasteiger partial charge >= 0.3 is 18.1 Å². The van der Waals surface area contributed by atoms with Crippen LogP contribution in [0.5, 0.6) is 0 Å². The van der Waals surface area contributed by atoms with E-state index in [0.29, 0.717) is 6.07 Å². The second kappa shape index (κ2) is 6.74. The summed E-state index contributed by atoms with van der Waals surface area (Å²) >= 11 is 0. The number of aryl methyl sites for hydroxylation is 1. The van der Waals surface area contributed by atoms with Gasteiger partial charge < -0.3 is 5.73 Å². The van der Waals surface area contributed by atoms with E-state index in [0.717, 1.165) is 19.1 Å². The summed E-state index contributed by atoms with van der Waals surface area (Å²) in [6, 6.07) is 3.49. The van der Waals surface area contributed by atoms with Crippen molar-refractivity contribution in [3.05, 3.63) is 51.8 Å².